The molecule has 5 N–H and O–H groups in total. The van der Waals surface area contributed by atoms with Gasteiger partial charge in [0, 0.05) is 37.4 Å². The Labute approximate surface area is 255 Å². The summed E-state index contributed by atoms with van der Waals surface area (Å²) in [5, 5.41) is 24.5. The fourth-order valence-electron chi connectivity index (χ4n) is 3.96. The van der Waals surface area contributed by atoms with Crippen LogP contribution in [0.5, 0.6) is 23.3 Å². The minimum atomic E-state index is -5.08. The number of carboxylic acids is 2. The zero-order chi connectivity index (χ0) is 34.4. The van der Waals surface area contributed by atoms with Crippen molar-refractivity contribution in [3.05, 3.63) is 65.2 Å². The van der Waals surface area contributed by atoms with E-state index in [0.717, 1.165) is 0 Å². The number of nitrogens with zero attached hydrogens (tertiary/aromatic N) is 3. The molecule has 11 nitrogen and oxygen atoms in total. The summed E-state index contributed by atoms with van der Waals surface area (Å²) in [5.74, 6) is -7.78. The molecule has 0 atom stereocenters. The molecule has 0 saturated heterocycles. The maximum absolute atomic E-state index is 15.9. The molecule has 3 rings (SSSR count). The van der Waals surface area contributed by atoms with E-state index in [1.165, 1.54) is 29.2 Å². The van der Waals surface area contributed by atoms with Gasteiger partial charge in [-0.3, -0.25) is 5.41 Å². The van der Waals surface area contributed by atoms with E-state index in [-0.39, 0.29) is 35.0 Å². The van der Waals surface area contributed by atoms with Gasteiger partial charge in [0.1, 0.15) is 28.6 Å². The number of hydrogen-bond acceptors (Lipinski definition) is 8. The number of pyridine rings is 1. The number of aromatic carboxylic acids is 1. The Morgan fingerprint density at radius 3 is 1.91 bits per heavy atom. The van der Waals surface area contributed by atoms with Gasteiger partial charge in [-0.15, -0.1) is 0 Å². The summed E-state index contributed by atoms with van der Waals surface area (Å²) >= 11 is 0. The zero-order valence-corrected chi connectivity index (χ0v) is 25.0. The van der Waals surface area contributed by atoms with Crippen molar-refractivity contribution in [1.82, 2.24) is 4.98 Å². The minimum absolute atomic E-state index is 0.106. The number of ether oxygens (including phenoxy) is 2. The second kappa shape index (κ2) is 14.5. The lowest BCUT2D eigenvalue weighted by atomic mass is 10.1. The molecule has 0 amide bonds. The van der Waals surface area contributed by atoms with Crippen LogP contribution in [0.3, 0.4) is 0 Å². The molecule has 0 aliphatic rings. The standard InChI is InChI=1S/C27H31F2N5O4.C2HF3O2/c1-14(2)34(15(3)4)23-21(28)25(37-18-9-7-8-16(12-18)24(30)31)32-26(22(23)29)38-20-11-10-17(33(5)6)13-19(20)27(35)36;3-2(4,5)1(6)7/h7-15H,1-6H3,(H3,30,31)(H,35,36);(H,6,7). The van der Waals surface area contributed by atoms with Crippen molar-refractivity contribution in [3.8, 4) is 23.3 Å². The smallest absolute Gasteiger partial charge is 0.478 e. The maximum atomic E-state index is 15.9. The molecule has 45 heavy (non-hydrogen) atoms. The molecule has 0 radical (unpaired) electrons. The molecule has 0 spiro atoms. The van der Waals surface area contributed by atoms with Gasteiger partial charge in [-0.05, 0) is 58.0 Å². The van der Waals surface area contributed by atoms with Crippen LogP contribution in [-0.2, 0) is 4.79 Å². The van der Waals surface area contributed by atoms with E-state index in [9.17, 15) is 23.1 Å². The Balaban J connectivity index is 0.000000900. The van der Waals surface area contributed by atoms with Crippen LogP contribution in [0.1, 0.15) is 43.6 Å². The number of carboxylic acid groups (broad SMARTS) is 2. The summed E-state index contributed by atoms with van der Waals surface area (Å²) < 4.78 is 74.8. The lowest BCUT2D eigenvalue weighted by Crippen LogP contribution is -2.38. The van der Waals surface area contributed by atoms with Gasteiger partial charge in [0.2, 0.25) is 11.6 Å². The normalized spacial score (nSPS) is 11.0. The van der Waals surface area contributed by atoms with E-state index < -0.39 is 47.2 Å². The van der Waals surface area contributed by atoms with Gasteiger partial charge >= 0.3 is 18.1 Å². The fraction of sp³-hybridized carbons (Fsp3) is 0.310. The Morgan fingerprint density at radius 1 is 0.933 bits per heavy atom. The molecular formula is C29H32F5N5O6. The third-order valence-electron chi connectivity index (χ3n) is 5.88. The number of hydrogen-bond donors (Lipinski definition) is 4. The molecule has 0 fully saturated rings. The number of aliphatic carboxylic acids is 1. The topological polar surface area (TPSA) is 162 Å². The largest absolute Gasteiger partial charge is 0.490 e. The van der Waals surface area contributed by atoms with Crippen LogP contribution >= 0.6 is 0 Å². The number of alkyl halides is 3. The zero-order valence-electron chi connectivity index (χ0n) is 25.0. The highest BCUT2D eigenvalue weighted by Crippen LogP contribution is 2.40. The average Bonchev–Trinajstić information content (AvgIpc) is 2.93. The van der Waals surface area contributed by atoms with E-state index in [2.05, 4.69) is 4.98 Å². The number of nitrogens with one attached hydrogen (secondary N) is 1. The Bertz CT molecular complexity index is 1560. The molecule has 0 unspecified atom stereocenters. The van der Waals surface area contributed by atoms with Crippen molar-refractivity contribution in [2.75, 3.05) is 23.9 Å². The minimum Gasteiger partial charge on any atom is -0.478 e. The van der Waals surface area contributed by atoms with Gasteiger partial charge in [0.15, 0.2) is 0 Å². The van der Waals surface area contributed by atoms with Crippen LogP contribution in [0.15, 0.2) is 42.5 Å². The molecule has 0 aliphatic heterocycles. The number of benzene rings is 2. The summed E-state index contributed by atoms with van der Waals surface area (Å²) in [6.07, 6.45) is -5.08. The van der Waals surface area contributed by atoms with Crippen molar-refractivity contribution in [1.29, 1.82) is 5.41 Å². The number of amidine groups is 1. The molecule has 3 aromatic rings. The highest BCUT2D eigenvalue weighted by Gasteiger charge is 2.38. The average molecular weight is 642 g/mol. The van der Waals surface area contributed by atoms with Gasteiger partial charge in [-0.25, -0.2) is 9.59 Å². The second-order valence-electron chi connectivity index (χ2n) is 10.1. The molecule has 0 aliphatic carbocycles. The van der Waals surface area contributed by atoms with Crippen LogP contribution in [0.2, 0.25) is 0 Å². The number of nitrogen functional groups attached to an aromatic ring is 1. The molecule has 16 heteroatoms. The lowest BCUT2D eigenvalue weighted by Gasteiger charge is -2.33. The summed E-state index contributed by atoms with van der Waals surface area (Å²) in [6.45, 7) is 7.11. The van der Waals surface area contributed by atoms with Crippen molar-refractivity contribution >= 4 is 29.1 Å². The van der Waals surface area contributed by atoms with E-state index in [4.69, 9.17) is 30.5 Å². The predicted octanol–water partition coefficient (Wildman–Crippen LogP) is 6.25. The SMILES string of the molecule is CC(C)N(c1c(F)c(Oc2cccc(C(=N)N)c2)nc(Oc2ccc(N(C)C)cc2C(=O)O)c1F)C(C)C.O=C(O)C(F)(F)F. The van der Waals surface area contributed by atoms with Gasteiger partial charge in [-0.2, -0.15) is 26.9 Å². The Hall–Kier alpha value is -5.15. The van der Waals surface area contributed by atoms with E-state index in [1.807, 2.05) is 0 Å². The Kier molecular flexibility index (Phi) is 11.7. The first-order valence-corrected chi connectivity index (χ1v) is 13.1. The van der Waals surface area contributed by atoms with Crippen LogP contribution in [0.25, 0.3) is 0 Å². The summed E-state index contributed by atoms with van der Waals surface area (Å²) in [4.78, 5) is 28.0. The summed E-state index contributed by atoms with van der Waals surface area (Å²) in [7, 11) is 3.48. The van der Waals surface area contributed by atoms with Crippen molar-refractivity contribution in [3.63, 3.8) is 0 Å². The van der Waals surface area contributed by atoms with Crippen LogP contribution < -0.4 is 25.0 Å². The van der Waals surface area contributed by atoms with Gasteiger partial charge in [0.05, 0.1) is 0 Å². The highest BCUT2D eigenvalue weighted by molar-refractivity contribution is 5.95. The lowest BCUT2D eigenvalue weighted by molar-refractivity contribution is -0.192. The molecule has 244 valence electrons. The number of nitrogens with two attached hydrogens (primary N) is 1. The number of carbonyl (C=O) groups is 2. The number of halogens is 5. The van der Waals surface area contributed by atoms with Crippen LogP contribution in [0.4, 0.5) is 33.3 Å². The van der Waals surface area contributed by atoms with Crippen molar-refractivity contribution in [2.45, 2.75) is 46.0 Å². The molecular weight excluding hydrogens is 609 g/mol. The number of aromatic nitrogens is 1. The number of anilines is 2. The third kappa shape index (κ3) is 9.17. The molecule has 1 heterocycles. The second-order valence-corrected chi connectivity index (χ2v) is 10.1. The van der Waals surface area contributed by atoms with Gasteiger partial charge in [0.25, 0.3) is 11.8 Å². The molecule has 0 bridgehead atoms. The van der Waals surface area contributed by atoms with Crippen molar-refractivity contribution < 1.29 is 51.2 Å². The van der Waals surface area contributed by atoms with E-state index in [1.54, 1.807) is 64.9 Å². The molecule has 2 aromatic carbocycles. The fourth-order valence-corrected chi connectivity index (χ4v) is 3.96. The van der Waals surface area contributed by atoms with Crippen molar-refractivity contribution in [2.24, 2.45) is 5.73 Å². The molecule has 0 saturated carbocycles. The first kappa shape index (κ1) is 36.0. The first-order valence-electron chi connectivity index (χ1n) is 13.1. The van der Waals surface area contributed by atoms with Gasteiger partial charge < -0.3 is 35.2 Å². The van der Waals surface area contributed by atoms with E-state index in [0.29, 0.717) is 11.3 Å². The highest BCUT2D eigenvalue weighted by atomic mass is 19.4. The predicted molar refractivity (Wildman–Crippen MR) is 156 cm³/mol. The molecule has 1 aromatic heterocycles. The first-order chi connectivity index (χ1) is 20.8. The Morgan fingerprint density at radius 2 is 1.47 bits per heavy atom. The quantitative estimate of drug-likeness (QED) is 0.113. The summed E-state index contributed by atoms with van der Waals surface area (Å²) in [6, 6.07) is 9.76. The van der Waals surface area contributed by atoms with Crippen LogP contribution in [0, 0.1) is 17.0 Å². The van der Waals surface area contributed by atoms with E-state index >= 15 is 8.78 Å². The monoisotopic (exact) mass is 641 g/mol. The summed E-state index contributed by atoms with van der Waals surface area (Å²) in [5.41, 5.74) is 5.80. The van der Waals surface area contributed by atoms with Crippen LogP contribution in [-0.4, -0.2) is 65.3 Å². The van der Waals surface area contributed by atoms with Gasteiger partial charge in [-0.1, -0.05) is 12.1 Å². The maximum Gasteiger partial charge on any atom is 0.490 e. The third-order valence-corrected chi connectivity index (χ3v) is 5.88. The number of rotatable bonds is 10.